The van der Waals surface area contributed by atoms with Crippen LogP contribution < -0.4 is 9.80 Å². The Kier molecular flexibility index (Phi) is 4.20. The predicted molar refractivity (Wildman–Crippen MR) is 96.5 cm³/mol. The van der Waals surface area contributed by atoms with Gasteiger partial charge in [-0.2, -0.15) is 0 Å². The number of piperazine rings is 1. The lowest BCUT2D eigenvalue weighted by molar-refractivity contribution is 0.633. The Hall–Kier alpha value is -3.09. The van der Waals surface area contributed by atoms with Gasteiger partial charge in [-0.3, -0.25) is 4.98 Å². The molecule has 7 heteroatoms. The first-order valence-corrected chi connectivity index (χ1v) is 8.33. The topological polar surface area (TPSA) is 70.9 Å². The standard InChI is InChI=1S/C18H19N7/c1-14-19-9-6-17(22-14)24-10-12-25(13-11-24)18-21-8-5-16(23-18)15-4-2-3-7-20-15/h2-9H,10-13H2,1H3. The molecule has 0 bridgehead atoms. The molecular formula is C18H19N7. The molecule has 4 heterocycles. The first-order chi connectivity index (χ1) is 12.3. The monoisotopic (exact) mass is 333 g/mol. The number of aryl methyl sites for hydroxylation is 1. The highest BCUT2D eigenvalue weighted by molar-refractivity contribution is 5.55. The molecule has 0 atom stereocenters. The second-order valence-electron chi connectivity index (χ2n) is 5.89. The van der Waals surface area contributed by atoms with Crippen molar-refractivity contribution in [1.82, 2.24) is 24.9 Å². The van der Waals surface area contributed by atoms with Gasteiger partial charge in [-0.15, -0.1) is 0 Å². The minimum absolute atomic E-state index is 0.752. The number of nitrogens with zero attached hydrogens (tertiary/aromatic N) is 7. The third-order valence-electron chi connectivity index (χ3n) is 4.22. The number of hydrogen-bond acceptors (Lipinski definition) is 7. The molecule has 0 radical (unpaired) electrons. The van der Waals surface area contributed by atoms with Crippen LogP contribution in [-0.2, 0) is 0 Å². The molecule has 1 aliphatic heterocycles. The van der Waals surface area contributed by atoms with Gasteiger partial charge in [0, 0.05) is 44.8 Å². The normalized spacial score (nSPS) is 14.6. The van der Waals surface area contributed by atoms with E-state index in [2.05, 4.69) is 34.7 Å². The summed E-state index contributed by atoms with van der Waals surface area (Å²) in [6, 6.07) is 9.68. The molecular weight excluding hydrogens is 314 g/mol. The Morgan fingerprint density at radius 3 is 2.28 bits per heavy atom. The molecule has 0 aromatic carbocycles. The van der Waals surface area contributed by atoms with Gasteiger partial charge in [0.05, 0.1) is 11.4 Å². The van der Waals surface area contributed by atoms with Gasteiger partial charge in [0.2, 0.25) is 5.95 Å². The lowest BCUT2D eigenvalue weighted by atomic mass is 10.2. The van der Waals surface area contributed by atoms with Crippen LogP contribution in [0.15, 0.2) is 48.9 Å². The average Bonchev–Trinajstić information content (AvgIpc) is 2.69. The molecule has 3 aromatic heterocycles. The molecule has 0 spiro atoms. The van der Waals surface area contributed by atoms with Crippen LogP contribution >= 0.6 is 0 Å². The van der Waals surface area contributed by atoms with E-state index in [1.807, 2.05) is 43.5 Å². The van der Waals surface area contributed by atoms with E-state index in [0.717, 1.165) is 55.2 Å². The number of aromatic nitrogens is 5. The third kappa shape index (κ3) is 3.40. The predicted octanol–water partition coefficient (Wildman–Crippen LogP) is 1.96. The second-order valence-corrected chi connectivity index (χ2v) is 5.89. The summed E-state index contributed by atoms with van der Waals surface area (Å²) >= 11 is 0. The third-order valence-corrected chi connectivity index (χ3v) is 4.22. The molecule has 0 N–H and O–H groups in total. The van der Waals surface area contributed by atoms with Crippen LogP contribution in [0.5, 0.6) is 0 Å². The molecule has 1 saturated heterocycles. The molecule has 1 fully saturated rings. The minimum atomic E-state index is 0.752. The summed E-state index contributed by atoms with van der Waals surface area (Å²) in [5.74, 6) is 2.53. The quantitative estimate of drug-likeness (QED) is 0.725. The Balaban J connectivity index is 1.48. The smallest absolute Gasteiger partial charge is 0.226 e. The summed E-state index contributed by atoms with van der Waals surface area (Å²) in [5.41, 5.74) is 1.71. The molecule has 0 amide bonds. The van der Waals surface area contributed by atoms with Crippen molar-refractivity contribution in [2.24, 2.45) is 0 Å². The minimum Gasteiger partial charge on any atom is -0.353 e. The highest BCUT2D eigenvalue weighted by Gasteiger charge is 2.20. The van der Waals surface area contributed by atoms with Crippen molar-refractivity contribution in [1.29, 1.82) is 0 Å². The maximum Gasteiger partial charge on any atom is 0.226 e. The molecule has 0 unspecified atom stereocenters. The number of pyridine rings is 1. The van der Waals surface area contributed by atoms with E-state index in [9.17, 15) is 0 Å². The molecule has 25 heavy (non-hydrogen) atoms. The van der Waals surface area contributed by atoms with E-state index < -0.39 is 0 Å². The average molecular weight is 333 g/mol. The number of hydrogen-bond donors (Lipinski definition) is 0. The van der Waals surface area contributed by atoms with Crippen LogP contribution in [0.4, 0.5) is 11.8 Å². The fourth-order valence-electron chi connectivity index (χ4n) is 2.91. The maximum atomic E-state index is 4.69. The van der Waals surface area contributed by atoms with Crippen molar-refractivity contribution in [2.45, 2.75) is 6.92 Å². The molecule has 3 aromatic rings. The highest BCUT2D eigenvalue weighted by atomic mass is 15.3. The van der Waals surface area contributed by atoms with E-state index in [4.69, 9.17) is 0 Å². The van der Waals surface area contributed by atoms with Gasteiger partial charge in [0.25, 0.3) is 0 Å². The number of rotatable bonds is 3. The summed E-state index contributed by atoms with van der Waals surface area (Å²) in [4.78, 5) is 26.6. The van der Waals surface area contributed by atoms with Crippen LogP contribution in [0.25, 0.3) is 11.4 Å². The van der Waals surface area contributed by atoms with E-state index >= 15 is 0 Å². The second kappa shape index (κ2) is 6.80. The summed E-state index contributed by atoms with van der Waals surface area (Å²) in [6.07, 6.45) is 5.38. The van der Waals surface area contributed by atoms with Crippen LogP contribution in [-0.4, -0.2) is 51.1 Å². The lowest BCUT2D eigenvalue weighted by Crippen LogP contribution is -2.47. The van der Waals surface area contributed by atoms with Gasteiger partial charge in [0.1, 0.15) is 11.6 Å². The van der Waals surface area contributed by atoms with Crippen molar-refractivity contribution >= 4 is 11.8 Å². The first-order valence-electron chi connectivity index (χ1n) is 8.33. The molecule has 0 aliphatic carbocycles. The van der Waals surface area contributed by atoms with Crippen molar-refractivity contribution in [3.05, 3.63) is 54.7 Å². The van der Waals surface area contributed by atoms with Gasteiger partial charge in [-0.1, -0.05) is 6.07 Å². The summed E-state index contributed by atoms with van der Waals surface area (Å²) in [6.45, 7) is 5.39. The molecule has 0 saturated carbocycles. The molecule has 1 aliphatic rings. The Labute approximate surface area is 146 Å². The molecule has 7 nitrogen and oxygen atoms in total. The lowest BCUT2D eigenvalue weighted by Gasteiger charge is -2.35. The fraction of sp³-hybridized carbons (Fsp3) is 0.278. The Morgan fingerprint density at radius 1 is 0.720 bits per heavy atom. The van der Waals surface area contributed by atoms with Crippen LogP contribution in [0, 0.1) is 6.92 Å². The van der Waals surface area contributed by atoms with Gasteiger partial charge >= 0.3 is 0 Å². The SMILES string of the molecule is Cc1nccc(N2CCN(c3nccc(-c4ccccn4)n3)CC2)n1. The van der Waals surface area contributed by atoms with Gasteiger partial charge in [-0.25, -0.2) is 19.9 Å². The zero-order valence-electron chi connectivity index (χ0n) is 14.1. The zero-order chi connectivity index (χ0) is 17.1. The van der Waals surface area contributed by atoms with Gasteiger partial charge in [0.15, 0.2) is 0 Å². The van der Waals surface area contributed by atoms with Crippen LogP contribution in [0.1, 0.15) is 5.82 Å². The first kappa shape index (κ1) is 15.4. The van der Waals surface area contributed by atoms with Crippen LogP contribution in [0.3, 0.4) is 0 Å². The van der Waals surface area contributed by atoms with E-state index in [0.29, 0.717) is 0 Å². The van der Waals surface area contributed by atoms with Crippen molar-refractivity contribution < 1.29 is 0 Å². The van der Waals surface area contributed by atoms with E-state index in [1.165, 1.54) is 0 Å². The summed E-state index contributed by atoms with van der Waals surface area (Å²) < 4.78 is 0. The van der Waals surface area contributed by atoms with Crippen LogP contribution in [0.2, 0.25) is 0 Å². The Bertz CT molecular complexity index is 845. The fourth-order valence-corrected chi connectivity index (χ4v) is 2.91. The van der Waals surface area contributed by atoms with Gasteiger partial charge in [-0.05, 0) is 31.2 Å². The Morgan fingerprint density at radius 2 is 1.52 bits per heavy atom. The van der Waals surface area contributed by atoms with Crippen molar-refractivity contribution in [2.75, 3.05) is 36.0 Å². The highest BCUT2D eigenvalue weighted by Crippen LogP contribution is 2.19. The summed E-state index contributed by atoms with van der Waals surface area (Å²) in [5, 5.41) is 0. The van der Waals surface area contributed by atoms with E-state index in [1.54, 1.807) is 12.4 Å². The van der Waals surface area contributed by atoms with Gasteiger partial charge < -0.3 is 9.80 Å². The molecule has 4 rings (SSSR count). The van der Waals surface area contributed by atoms with Crippen molar-refractivity contribution in [3.8, 4) is 11.4 Å². The molecule has 126 valence electrons. The van der Waals surface area contributed by atoms with E-state index in [-0.39, 0.29) is 0 Å². The van der Waals surface area contributed by atoms with Crippen molar-refractivity contribution in [3.63, 3.8) is 0 Å². The largest absolute Gasteiger partial charge is 0.353 e. The maximum absolute atomic E-state index is 4.69. The zero-order valence-corrected chi connectivity index (χ0v) is 14.1. The number of anilines is 2. The summed E-state index contributed by atoms with van der Waals surface area (Å²) in [7, 11) is 0.